The largest absolute Gasteiger partial charge is 0.344 e. The maximum Gasteiger partial charge on any atom is 0.265 e. The summed E-state index contributed by atoms with van der Waals surface area (Å²) in [5.41, 5.74) is 0.00856. The molecule has 22 heavy (non-hydrogen) atoms. The van der Waals surface area contributed by atoms with Crippen LogP contribution in [0.15, 0.2) is 23.0 Å². The van der Waals surface area contributed by atoms with E-state index in [4.69, 9.17) is 4.52 Å². The highest BCUT2D eigenvalue weighted by atomic mass is 19.1. The van der Waals surface area contributed by atoms with Gasteiger partial charge in [0, 0.05) is 26.8 Å². The Morgan fingerprint density at radius 3 is 3.00 bits per heavy atom. The Balaban J connectivity index is 1.86. The summed E-state index contributed by atoms with van der Waals surface area (Å²) in [7, 11) is 3.61. The first-order chi connectivity index (χ1) is 10.6. The van der Waals surface area contributed by atoms with Crippen molar-refractivity contribution < 1.29 is 13.7 Å². The lowest BCUT2D eigenvalue weighted by molar-refractivity contribution is 0.0705. The molecule has 1 amide bonds. The van der Waals surface area contributed by atoms with Crippen LogP contribution in [0.1, 0.15) is 35.1 Å². The molecule has 7 nitrogen and oxygen atoms in total. The second-order valence-electron chi connectivity index (χ2n) is 5.34. The molecule has 0 saturated carbocycles. The summed E-state index contributed by atoms with van der Waals surface area (Å²) in [6.07, 6.45) is 3.96. The highest BCUT2D eigenvalue weighted by Gasteiger charge is 2.35. The molecule has 0 spiro atoms. The molecule has 1 fully saturated rings. The van der Waals surface area contributed by atoms with Gasteiger partial charge in [-0.15, -0.1) is 0 Å². The van der Waals surface area contributed by atoms with Crippen LogP contribution >= 0.6 is 0 Å². The predicted octanol–water partition coefficient (Wildman–Crippen LogP) is 1.65. The summed E-state index contributed by atoms with van der Waals surface area (Å²) in [4.78, 5) is 23.8. The molecular weight excluding hydrogens is 289 g/mol. The van der Waals surface area contributed by atoms with E-state index in [1.807, 2.05) is 0 Å². The average molecular weight is 305 g/mol. The highest BCUT2D eigenvalue weighted by molar-refractivity contribution is 5.94. The second-order valence-corrected chi connectivity index (χ2v) is 5.34. The molecule has 0 radical (unpaired) electrons. The van der Waals surface area contributed by atoms with Crippen molar-refractivity contribution in [2.24, 2.45) is 0 Å². The first-order valence-electron chi connectivity index (χ1n) is 6.99. The second kappa shape index (κ2) is 5.70. The van der Waals surface area contributed by atoms with Crippen molar-refractivity contribution in [1.29, 1.82) is 0 Å². The number of carbonyl (C=O) groups is 1. The number of halogens is 1. The van der Waals surface area contributed by atoms with E-state index < -0.39 is 5.82 Å². The predicted molar refractivity (Wildman–Crippen MR) is 75.8 cm³/mol. The Labute approximate surface area is 126 Å². The SMILES string of the molecule is CN(C)c1noc(C2CCCN2C(=O)c2ccncc2F)n1. The molecule has 1 aliphatic heterocycles. The molecule has 3 rings (SSSR count). The maximum atomic E-state index is 13.8. The number of amides is 1. The van der Waals surface area contributed by atoms with E-state index in [2.05, 4.69) is 15.1 Å². The summed E-state index contributed by atoms with van der Waals surface area (Å²) in [6.45, 7) is 0.533. The van der Waals surface area contributed by atoms with Crippen LogP contribution < -0.4 is 4.90 Å². The van der Waals surface area contributed by atoms with Gasteiger partial charge in [-0.05, 0) is 24.1 Å². The van der Waals surface area contributed by atoms with Crippen LogP contribution in [0.25, 0.3) is 0 Å². The van der Waals surface area contributed by atoms with Crippen molar-refractivity contribution in [2.75, 3.05) is 25.5 Å². The van der Waals surface area contributed by atoms with Crippen LogP contribution in [0.2, 0.25) is 0 Å². The van der Waals surface area contributed by atoms with Crippen LogP contribution in [0.3, 0.4) is 0 Å². The molecule has 0 N–H and O–H groups in total. The van der Waals surface area contributed by atoms with Gasteiger partial charge in [0.05, 0.1) is 11.8 Å². The summed E-state index contributed by atoms with van der Waals surface area (Å²) >= 11 is 0. The van der Waals surface area contributed by atoms with Gasteiger partial charge in [0.1, 0.15) is 6.04 Å². The summed E-state index contributed by atoms with van der Waals surface area (Å²) in [5, 5.41) is 3.86. The van der Waals surface area contributed by atoms with E-state index in [9.17, 15) is 9.18 Å². The molecule has 0 bridgehead atoms. The number of anilines is 1. The third-order valence-corrected chi connectivity index (χ3v) is 3.63. The van der Waals surface area contributed by atoms with E-state index >= 15 is 0 Å². The molecular formula is C14H16FN5O2. The zero-order valence-electron chi connectivity index (χ0n) is 12.4. The zero-order chi connectivity index (χ0) is 15.7. The first-order valence-corrected chi connectivity index (χ1v) is 6.99. The monoisotopic (exact) mass is 305 g/mol. The quantitative estimate of drug-likeness (QED) is 0.858. The van der Waals surface area contributed by atoms with Crippen molar-refractivity contribution in [3.63, 3.8) is 0 Å². The number of rotatable bonds is 3. The van der Waals surface area contributed by atoms with Crippen molar-refractivity contribution in [3.05, 3.63) is 35.7 Å². The van der Waals surface area contributed by atoms with Gasteiger partial charge in [0.25, 0.3) is 17.7 Å². The van der Waals surface area contributed by atoms with E-state index in [1.54, 1.807) is 23.9 Å². The van der Waals surface area contributed by atoms with Crippen molar-refractivity contribution in [3.8, 4) is 0 Å². The van der Waals surface area contributed by atoms with Crippen LogP contribution in [0.5, 0.6) is 0 Å². The van der Waals surface area contributed by atoms with Crippen LogP contribution in [-0.2, 0) is 0 Å². The molecule has 0 aromatic carbocycles. The fourth-order valence-corrected chi connectivity index (χ4v) is 2.51. The van der Waals surface area contributed by atoms with Gasteiger partial charge in [-0.25, -0.2) is 4.39 Å². The number of pyridine rings is 1. The molecule has 0 aliphatic carbocycles. The maximum absolute atomic E-state index is 13.8. The van der Waals surface area contributed by atoms with Gasteiger partial charge >= 0.3 is 0 Å². The normalized spacial score (nSPS) is 17.8. The summed E-state index contributed by atoms with van der Waals surface area (Å²) in [5.74, 6) is -0.182. The number of hydrogen-bond donors (Lipinski definition) is 0. The topological polar surface area (TPSA) is 75.4 Å². The minimum Gasteiger partial charge on any atom is -0.344 e. The third-order valence-electron chi connectivity index (χ3n) is 3.63. The standard InChI is InChI=1S/C14H16FN5O2/c1-19(2)14-17-12(22-18-14)11-4-3-7-20(11)13(21)9-5-6-16-8-10(9)15/h5-6,8,11H,3-4,7H2,1-2H3. The molecule has 2 aromatic rings. The summed E-state index contributed by atoms with van der Waals surface area (Å²) in [6, 6.07) is 1.06. The lowest BCUT2D eigenvalue weighted by Crippen LogP contribution is -2.31. The Kier molecular flexibility index (Phi) is 3.74. The smallest absolute Gasteiger partial charge is 0.265 e. The zero-order valence-corrected chi connectivity index (χ0v) is 12.4. The number of carbonyl (C=O) groups excluding carboxylic acids is 1. The van der Waals surface area contributed by atoms with Crippen molar-refractivity contribution >= 4 is 11.9 Å². The molecule has 1 saturated heterocycles. The van der Waals surface area contributed by atoms with Gasteiger partial charge in [-0.3, -0.25) is 9.78 Å². The van der Waals surface area contributed by atoms with E-state index in [0.717, 1.165) is 12.6 Å². The third kappa shape index (κ3) is 2.51. The first kappa shape index (κ1) is 14.4. The fraction of sp³-hybridized carbons (Fsp3) is 0.429. The van der Waals surface area contributed by atoms with Gasteiger partial charge in [-0.2, -0.15) is 4.98 Å². The Morgan fingerprint density at radius 2 is 2.32 bits per heavy atom. The Bertz CT molecular complexity index is 687. The number of aromatic nitrogens is 3. The van der Waals surface area contributed by atoms with Gasteiger partial charge in [0.15, 0.2) is 5.82 Å². The molecule has 116 valence electrons. The average Bonchev–Trinajstić information content (AvgIpc) is 3.15. The van der Waals surface area contributed by atoms with Gasteiger partial charge < -0.3 is 14.3 Å². The molecule has 1 aliphatic rings. The number of likely N-dealkylation sites (tertiary alicyclic amines) is 1. The van der Waals surface area contributed by atoms with Crippen LogP contribution in [-0.4, -0.2) is 46.6 Å². The summed E-state index contributed by atoms with van der Waals surface area (Å²) < 4.78 is 19.0. The van der Waals surface area contributed by atoms with E-state index in [1.165, 1.54) is 12.3 Å². The molecule has 1 unspecified atom stereocenters. The van der Waals surface area contributed by atoms with E-state index in [0.29, 0.717) is 24.8 Å². The van der Waals surface area contributed by atoms with E-state index in [-0.39, 0.29) is 17.5 Å². The molecule has 1 atom stereocenters. The minimum absolute atomic E-state index is 0.00856. The lowest BCUT2D eigenvalue weighted by Gasteiger charge is -2.22. The van der Waals surface area contributed by atoms with Crippen molar-refractivity contribution in [2.45, 2.75) is 18.9 Å². The van der Waals surface area contributed by atoms with Crippen molar-refractivity contribution in [1.82, 2.24) is 20.0 Å². The Morgan fingerprint density at radius 1 is 1.50 bits per heavy atom. The van der Waals surface area contributed by atoms with Gasteiger partial charge in [-0.1, -0.05) is 0 Å². The molecule has 3 heterocycles. The minimum atomic E-state index is -0.627. The lowest BCUT2D eigenvalue weighted by atomic mass is 10.2. The number of hydrogen-bond acceptors (Lipinski definition) is 6. The Hall–Kier alpha value is -2.51. The molecule has 2 aromatic heterocycles. The van der Waals surface area contributed by atoms with Crippen LogP contribution in [0, 0.1) is 5.82 Å². The number of nitrogens with zero attached hydrogens (tertiary/aromatic N) is 5. The van der Waals surface area contributed by atoms with Gasteiger partial charge in [0.2, 0.25) is 0 Å². The highest BCUT2D eigenvalue weighted by Crippen LogP contribution is 2.33. The molecule has 8 heteroatoms. The van der Waals surface area contributed by atoms with Crippen LogP contribution in [0.4, 0.5) is 10.3 Å². The fourth-order valence-electron chi connectivity index (χ4n) is 2.51.